The standard InChI is InChI=1S/C22H27N5OS/c1-14-15(11-18-12-23-20-10-8-17(13-28)26-27(18)20)7-9-19-21(14)29-22(25-19)24-16-5-3-2-4-6-16/h7-10,12,14,16,21,28H,2-6,11,13H2,1H3,(H,24,25)/t14-,21?/m1/s1. The molecule has 0 bridgehead atoms. The molecule has 0 spiro atoms. The van der Waals surface area contributed by atoms with Gasteiger partial charge in [-0.05, 0) is 37.0 Å². The molecule has 0 aromatic carbocycles. The van der Waals surface area contributed by atoms with Gasteiger partial charge in [-0.3, -0.25) is 4.99 Å². The van der Waals surface area contributed by atoms with Crippen molar-refractivity contribution in [2.45, 2.75) is 63.3 Å². The Morgan fingerprint density at radius 3 is 2.93 bits per heavy atom. The molecule has 3 heterocycles. The van der Waals surface area contributed by atoms with E-state index in [-0.39, 0.29) is 6.61 Å². The van der Waals surface area contributed by atoms with Crippen LogP contribution in [0.5, 0.6) is 0 Å². The SMILES string of the molecule is C[C@@H]1C(Cc2cnc3ccc(CO)nn23)=CC=C2NC(=NC3CCCCC3)SC21. The van der Waals surface area contributed by atoms with Crippen molar-refractivity contribution in [2.75, 3.05) is 0 Å². The minimum Gasteiger partial charge on any atom is -0.390 e. The smallest absolute Gasteiger partial charge is 0.161 e. The van der Waals surface area contributed by atoms with Gasteiger partial charge < -0.3 is 10.4 Å². The summed E-state index contributed by atoms with van der Waals surface area (Å²) in [6.45, 7) is 2.24. The van der Waals surface area contributed by atoms with E-state index in [2.05, 4.69) is 34.5 Å². The number of fused-ring (bicyclic) bond motifs is 2. The average Bonchev–Trinajstić information content (AvgIpc) is 3.34. The second-order valence-corrected chi connectivity index (χ2v) is 9.35. The van der Waals surface area contributed by atoms with Crippen LogP contribution >= 0.6 is 11.8 Å². The van der Waals surface area contributed by atoms with E-state index in [1.165, 1.54) is 43.4 Å². The minimum atomic E-state index is -0.0632. The summed E-state index contributed by atoms with van der Waals surface area (Å²) in [5.41, 5.74) is 5.18. The van der Waals surface area contributed by atoms with E-state index in [0.717, 1.165) is 22.9 Å². The van der Waals surface area contributed by atoms with Crippen molar-refractivity contribution < 1.29 is 5.11 Å². The number of allylic oxidation sites excluding steroid dienone is 3. The van der Waals surface area contributed by atoms with E-state index < -0.39 is 0 Å². The zero-order valence-electron chi connectivity index (χ0n) is 16.7. The molecule has 6 nitrogen and oxygen atoms in total. The fourth-order valence-electron chi connectivity index (χ4n) is 4.49. The van der Waals surface area contributed by atoms with Gasteiger partial charge in [-0.15, -0.1) is 0 Å². The molecule has 2 aromatic rings. The van der Waals surface area contributed by atoms with Crippen LogP contribution in [0.25, 0.3) is 5.65 Å². The zero-order chi connectivity index (χ0) is 19.8. The topological polar surface area (TPSA) is 74.8 Å². The Bertz CT molecular complexity index is 1000. The highest BCUT2D eigenvalue weighted by Gasteiger charge is 2.35. The number of imidazole rings is 1. The van der Waals surface area contributed by atoms with Gasteiger partial charge in [0, 0.05) is 12.1 Å². The maximum Gasteiger partial charge on any atom is 0.161 e. The molecule has 2 N–H and O–H groups in total. The van der Waals surface area contributed by atoms with Crippen LogP contribution in [0.4, 0.5) is 0 Å². The molecule has 152 valence electrons. The number of hydrogen-bond acceptors (Lipinski definition) is 5. The first-order chi connectivity index (χ1) is 14.2. The highest BCUT2D eigenvalue weighted by molar-refractivity contribution is 8.15. The lowest BCUT2D eigenvalue weighted by atomic mass is 9.88. The molecule has 1 saturated carbocycles. The summed E-state index contributed by atoms with van der Waals surface area (Å²) >= 11 is 1.88. The molecule has 1 saturated heterocycles. The maximum absolute atomic E-state index is 9.40. The monoisotopic (exact) mass is 409 g/mol. The van der Waals surface area contributed by atoms with E-state index in [4.69, 9.17) is 4.99 Å². The fraction of sp³-hybridized carbons (Fsp3) is 0.500. The molecule has 1 aliphatic heterocycles. The van der Waals surface area contributed by atoms with Gasteiger partial charge >= 0.3 is 0 Å². The molecule has 1 unspecified atom stereocenters. The number of hydrogen-bond donors (Lipinski definition) is 2. The number of aromatic nitrogens is 3. The first-order valence-corrected chi connectivity index (χ1v) is 11.4. The number of thioether (sulfide) groups is 1. The first-order valence-electron chi connectivity index (χ1n) is 10.6. The Hall–Kier alpha value is -2.12. The second kappa shape index (κ2) is 7.95. The molecule has 7 heteroatoms. The summed E-state index contributed by atoms with van der Waals surface area (Å²) in [5, 5.41) is 19.0. The molecule has 2 aliphatic carbocycles. The van der Waals surface area contributed by atoms with Crippen molar-refractivity contribution in [3.63, 3.8) is 0 Å². The maximum atomic E-state index is 9.40. The summed E-state index contributed by atoms with van der Waals surface area (Å²) in [6, 6.07) is 4.22. The van der Waals surface area contributed by atoms with Gasteiger partial charge in [-0.25, -0.2) is 9.50 Å². The van der Waals surface area contributed by atoms with Gasteiger partial charge in [0.25, 0.3) is 0 Å². The van der Waals surface area contributed by atoms with Crippen molar-refractivity contribution in [3.8, 4) is 0 Å². The van der Waals surface area contributed by atoms with Gasteiger partial charge in [-0.2, -0.15) is 5.10 Å². The number of aliphatic hydroxyl groups excluding tert-OH is 1. The lowest BCUT2D eigenvalue weighted by Gasteiger charge is -2.25. The Labute approximate surface area is 175 Å². The van der Waals surface area contributed by atoms with Crippen LogP contribution in [0.3, 0.4) is 0 Å². The minimum absolute atomic E-state index is 0.0632. The molecule has 29 heavy (non-hydrogen) atoms. The van der Waals surface area contributed by atoms with Gasteiger partial charge in [0.1, 0.15) is 0 Å². The van der Waals surface area contributed by atoms with Gasteiger partial charge in [0.15, 0.2) is 10.8 Å². The van der Waals surface area contributed by atoms with Crippen molar-refractivity contribution in [1.29, 1.82) is 0 Å². The number of nitrogens with one attached hydrogen (secondary N) is 1. The van der Waals surface area contributed by atoms with E-state index >= 15 is 0 Å². The van der Waals surface area contributed by atoms with Crippen molar-refractivity contribution in [1.82, 2.24) is 19.9 Å². The highest BCUT2D eigenvalue weighted by Crippen LogP contribution is 2.40. The van der Waals surface area contributed by atoms with Crippen LogP contribution in [-0.2, 0) is 13.0 Å². The Morgan fingerprint density at radius 2 is 2.10 bits per heavy atom. The average molecular weight is 410 g/mol. The molecular formula is C22H27N5OS. The molecule has 3 aliphatic rings. The molecule has 2 atom stereocenters. The summed E-state index contributed by atoms with van der Waals surface area (Å²) in [5.74, 6) is 0.415. The predicted octanol–water partition coefficient (Wildman–Crippen LogP) is 3.62. The Kier molecular flexibility index (Phi) is 5.18. The Morgan fingerprint density at radius 1 is 1.24 bits per heavy atom. The van der Waals surface area contributed by atoms with Crippen LogP contribution in [0.15, 0.2) is 46.7 Å². The molecular weight excluding hydrogens is 382 g/mol. The molecule has 2 aromatic heterocycles. The fourth-order valence-corrected chi connectivity index (χ4v) is 5.76. The van der Waals surface area contributed by atoms with E-state index in [0.29, 0.717) is 22.9 Å². The molecule has 0 amide bonds. The van der Waals surface area contributed by atoms with Crippen molar-refractivity contribution in [3.05, 3.63) is 53.1 Å². The number of rotatable bonds is 4. The summed E-state index contributed by atoms with van der Waals surface area (Å²) in [7, 11) is 0. The van der Waals surface area contributed by atoms with Gasteiger partial charge in [0.05, 0.1) is 35.5 Å². The van der Waals surface area contributed by atoms with Crippen molar-refractivity contribution in [2.24, 2.45) is 10.9 Å². The Balaban J connectivity index is 1.33. The quantitative estimate of drug-likeness (QED) is 0.807. The number of amidine groups is 1. The van der Waals surface area contributed by atoms with Crippen LogP contribution in [0, 0.1) is 5.92 Å². The van der Waals surface area contributed by atoms with Gasteiger partial charge in [0.2, 0.25) is 0 Å². The highest BCUT2D eigenvalue weighted by atomic mass is 32.2. The summed E-state index contributed by atoms with van der Waals surface area (Å²) in [6.07, 6.45) is 13.6. The predicted molar refractivity (Wildman–Crippen MR) is 117 cm³/mol. The first kappa shape index (κ1) is 18.9. The van der Waals surface area contributed by atoms with E-state index in [9.17, 15) is 5.11 Å². The lowest BCUT2D eigenvalue weighted by Crippen LogP contribution is -2.24. The largest absolute Gasteiger partial charge is 0.390 e. The van der Waals surface area contributed by atoms with Crippen LogP contribution < -0.4 is 5.32 Å². The third kappa shape index (κ3) is 3.73. The van der Waals surface area contributed by atoms with Crippen molar-refractivity contribution >= 4 is 22.6 Å². The normalized spacial score (nSPS) is 26.3. The third-order valence-electron chi connectivity index (χ3n) is 6.22. The molecule has 2 fully saturated rings. The van der Waals surface area contributed by atoms with Crippen LogP contribution in [0.2, 0.25) is 0 Å². The number of nitrogens with zero attached hydrogens (tertiary/aromatic N) is 4. The van der Waals surface area contributed by atoms with Crippen LogP contribution in [-0.4, -0.2) is 36.2 Å². The number of aliphatic hydroxyl groups is 1. The molecule has 0 radical (unpaired) electrons. The summed E-state index contributed by atoms with van der Waals surface area (Å²) in [4.78, 5) is 9.48. The van der Waals surface area contributed by atoms with Gasteiger partial charge in [-0.1, -0.05) is 49.6 Å². The van der Waals surface area contributed by atoms with E-state index in [1.54, 1.807) is 0 Å². The lowest BCUT2D eigenvalue weighted by molar-refractivity contribution is 0.275. The summed E-state index contributed by atoms with van der Waals surface area (Å²) < 4.78 is 1.86. The molecule has 5 rings (SSSR count). The van der Waals surface area contributed by atoms with Crippen LogP contribution in [0.1, 0.15) is 50.4 Å². The zero-order valence-corrected chi connectivity index (χ0v) is 17.5. The number of aliphatic imine (C=N–C) groups is 1. The second-order valence-electron chi connectivity index (χ2n) is 8.22. The third-order valence-corrected chi connectivity index (χ3v) is 7.57. The van der Waals surface area contributed by atoms with E-state index in [1.807, 2.05) is 34.6 Å².